The molecule has 2 aromatic carbocycles. The average molecular weight is 418 g/mol. The highest BCUT2D eigenvalue weighted by molar-refractivity contribution is 6.04. The maximum absolute atomic E-state index is 12.3. The topological polar surface area (TPSA) is 113 Å². The Hall–Kier alpha value is -3.94. The SMILES string of the molecule is Cc1ccc(OCC(=O)NNC(=O)c2cc(-c3ccccc3)n[nH]2)c2c1C(C)CC2=O. The number of amides is 2. The molecule has 1 aliphatic rings. The average Bonchev–Trinajstić information content (AvgIpc) is 3.38. The highest BCUT2D eigenvalue weighted by atomic mass is 16.5. The van der Waals surface area contributed by atoms with E-state index in [2.05, 4.69) is 21.0 Å². The summed E-state index contributed by atoms with van der Waals surface area (Å²) in [5.74, 6) is -0.553. The number of aromatic amines is 1. The number of Topliss-reactive ketones (excluding diaryl/α,β-unsaturated/α-hetero) is 1. The molecule has 3 aromatic rings. The molecule has 1 atom stereocenters. The molecule has 1 unspecified atom stereocenters. The Morgan fingerprint density at radius 1 is 1.16 bits per heavy atom. The molecule has 3 N–H and O–H groups in total. The van der Waals surface area contributed by atoms with Crippen molar-refractivity contribution in [3.05, 3.63) is 70.9 Å². The zero-order valence-electron chi connectivity index (χ0n) is 17.2. The van der Waals surface area contributed by atoms with E-state index >= 15 is 0 Å². The van der Waals surface area contributed by atoms with Crippen molar-refractivity contribution in [2.45, 2.75) is 26.2 Å². The van der Waals surface area contributed by atoms with Crippen molar-refractivity contribution < 1.29 is 19.1 Å². The van der Waals surface area contributed by atoms with Gasteiger partial charge in [-0.3, -0.25) is 30.3 Å². The first-order valence-corrected chi connectivity index (χ1v) is 9.93. The van der Waals surface area contributed by atoms with Gasteiger partial charge in [0.25, 0.3) is 11.8 Å². The summed E-state index contributed by atoms with van der Waals surface area (Å²) in [6.45, 7) is 3.62. The second-order valence-electron chi connectivity index (χ2n) is 7.52. The van der Waals surface area contributed by atoms with E-state index in [4.69, 9.17) is 4.74 Å². The molecule has 8 nitrogen and oxygen atoms in total. The van der Waals surface area contributed by atoms with Gasteiger partial charge < -0.3 is 4.74 Å². The van der Waals surface area contributed by atoms with E-state index < -0.39 is 11.8 Å². The third-order valence-electron chi connectivity index (χ3n) is 5.25. The highest BCUT2D eigenvalue weighted by Crippen LogP contribution is 2.40. The summed E-state index contributed by atoms with van der Waals surface area (Å²) in [6, 6.07) is 14.6. The lowest BCUT2D eigenvalue weighted by Gasteiger charge is -2.13. The molecule has 0 saturated carbocycles. The standard InChI is InChI=1S/C23H22N4O4/c1-13-8-9-19(22-18(28)10-14(2)21(13)22)31-12-20(29)26-27-23(30)17-11-16(24-25-17)15-6-4-3-5-7-15/h3-9,11,14H,10,12H2,1-2H3,(H,24,25)(H,26,29)(H,27,30). The summed E-state index contributed by atoms with van der Waals surface area (Å²) >= 11 is 0. The molecule has 31 heavy (non-hydrogen) atoms. The van der Waals surface area contributed by atoms with E-state index in [9.17, 15) is 14.4 Å². The van der Waals surface area contributed by atoms with Crippen molar-refractivity contribution in [1.82, 2.24) is 21.0 Å². The third kappa shape index (κ3) is 4.18. The number of benzene rings is 2. The van der Waals surface area contributed by atoms with Gasteiger partial charge in [0.05, 0.1) is 11.3 Å². The molecule has 4 rings (SSSR count). The predicted octanol–water partition coefficient (Wildman–Crippen LogP) is 2.92. The Morgan fingerprint density at radius 2 is 1.94 bits per heavy atom. The van der Waals surface area contributed by atoms with Gasteiger partial charge >= 0.3 is 0 Å². The Labute approximate surface area is 179 Å². The number of hydrazine groups is 1. The minimum absolute atomic E-state index is 0.0170. The Kier molecular flexibility index (Phi) is 5.53. The number of aromatic nitrogens is 2. The second kappa shape index (κ2) is 8.43. The van der Waals surface area contributed by atoms with Crippen LogP contribution >= 0.6 is 0 Å². The number of ether oxygens (including phenoxy) is 1. The second-order valence-corrected chi connectivity index (χ2v) is 7.52. The zero-order chi connectivity index (χ0) is 22.0. The van der Waals surface area contributed by atoms with Crippen molar-refractivity contribution in [2.24, 2.45) is 0 Å². The predicted molar refractivity (Wildman–Crippen MR) is 114 cm³/mol. The van der Waals surface area contributed by atoms with Crippen molar-refractivity contribution in [2.75, 3.05) is 6.61 Å². The molecule has 1 aliphatic carbocycles. The number of aryl methyl sites for hydroxylation is 1. The number of H-pyrrole nitrogens is 1. The lowest BCUT2D eigenvalue weighted by Crippen LogP contribution is -2.44. The van der Waals surface area contributed by atoms with Gasteiger partial charge in [-0.15, -0.1) is 0 Å². The maximum atomic E-state index is 12.3. The minimum atomic E-state index is -0.552. The van der Waals surface area contributed by atoms with E-state index in [1.807, 2.05) is 50.2 Å². The summed E-state index contributed by atoms with van der Waals surface area (Å²) in [6.07, 6.45) is 0.438. The normalized spacial score (nSPS) is 14.8. The van der Waals surface area contributed by atoms with Crippen LogP contribution in [0.4, 0.5) is 0 Å². The molecule has 1 aromatic heterocycles. The van der Waals surface area contributed by atoms with Crippen molar-refractivity contribution in [3.63, 3.8) is 0 Å². The number of fused-ring (bicyclic) bond motifs is 1. The summed E-state index contributed by atoms with van der Waals surface area (Å²) in [5, 5.41) is 6.75. The van der Waals surface area contributed by atoms with Gasteiger partial charge in [-0.2, -0.15) is 5.10 Å². The summed E-state index contributed by atoms with van der Waals surface area (Å²) in [7, 11) is 0. The Morgan fingerprint density at radius 3 is 2.71 bits per heavy atom. The van der Waals surface area contributed by atoms with Crippen LogP contribution in [0.15, 0.2) is 48.5 Å². The Balaban J connectivity index is 1.33. The van der Waals surface area contributed by atoms with Crippen molar-refractivity contribution in [1.29, 1.82) is 0 Å². The summed E-state index contributed by atoms with van der Waals surface area (Å²) in [5.41, 5.74) is 8.87. The number of carbonyl (C=O) groups excluding carboxylic acids is 3. The van der Waals surface area contributed by atoms with Gasteiger partial charge in [0.2, 0.25) is 0 Å². The quantitative estimate of drug-likeness (QED) is 0.552. The fraction of sp³-hybridized carbons (Fsp3) is 0.217. The van der Waals surface area contributed by atoms with Crippen LogP contribution < -0.4 is 15.6 Å². The summed E-state index contributed by atoms with van der Waals surface area (Å²) < 4.78 is 5.58. The number of rotatable bonds is 5. The van der Waals surface area contributed by atoms with Crippen LogP contribution in [-0.2, 0) is 4.79 Å². The van der Waals surface area contributed by atoms with Crippen molar-refractivity contribution in [3.8, 4) is 17.0 Å². The Bertz CT molecular complexity index is 1150. The number of nitrogens with one attached hydrogen (secondary N) is 3. The van der Waals surface area contributed by atoms with Gasteiger partial charge in [0.1, 0.15) is 11.4 Å². The molecule has 0 saturated heterocycles. The van der Waals surface area contributed by atoms with E-state index in [1.165, 1.54) is 0 Å². The van der Waals surface area contributed by atoms with Gasteiger partial charge in [-0.25, -0.2) is 0 Å². The molecule has 0 aliphatic heterocycles. The highest BCUT2D eigenvalue weighted by Gasteiger charge is 2.31. The van der Waals surface area contributed by atoms with Crippen LogP contribution in [-0.4, -0.2) is 34.4 Å². The first-order chi connectivity index (χ1) is 14.9. The summed E-state index contributed by atoms with van der Waals surface area (Å²) in [4.78, 5) is 36.7. The first kappa shape index (κ1) is 20.3. The van der Waals surface area contributed by atoms with Gasteiger partial charge in [0.15, 0.2) is 12.4 Å². The number of ketones is 1. The van der Waals surface area contributed by atoms with Gasteiger partial charge in [-0.1, -0.05) is 43.3 Å². The van der Waals surface area contributed by atoms with Crippen LogP contribution in [0.2, 0.25) is 0 Å². The van der Waals surface area contributed by atoms with Gasteiger partial charge in [0, 0.05) is 12.0 Å². The monoisotopic (exact) mass is 418 g/mol. The zero-order valence-corrected chi connectivity index (χ0v) is 17.2. The van der Waals surface area contributed by atoms with E-state index in [0.29, 0.717) is 23.4 Å². The lowest BCUT2D eigenvalue weighted by atomic mass is 9.97. The van der Waals surface area contributed by atoms with Crippen LogP contribution in [0, 0.1) is 6.92 Å². The molecule has 0 radical (unpaired) electrons. The molecule has 1 heterocycles. The van der Waals surface area contributed by atoms with E-state index in [0.717, 1.165) is 16.7 Å². The van der Waals surface area contributed by atoms with E-state index in [-0.39, 0.29) is 24.0 Å². The fourth-order valence-electron chi connectivity index (χ4n) is 3.80. The van der Waals surface area contributed by atoms with Crippen LogP contribution in [0.25, 0.3) is 11.3 Å². The number of nitrogens with zero attached hydrogens (tertiary/aromatic N) is 1. The molecule has 158 valence electrons. The van der Waals surface area contributed by atoms with Crippen molar-refractivity contribution >= 4 is 17.6 Å². The number of hydrogen-bond donors (Lipinski definition) is 3. The number of hydrogen-bond acceptors (Lipinski definition) is 5. The largest absolute Gasteiger partial charge is 0.483 e. The molecule has 0 spiro atoms. The molecular formula is C23H22N4O4. The molecule has 2 amide bonds. The van der Waals surface area contributed by atoms with Crippen LogP contribution in [0.5, 0.6) is 5.75 Å². The third-order valence-corrected chi connectivity index (χ3v) is 5.25. The lowest BCUT2D eigenvalue weighted by molar-refractivity contribution is -0.123. The maximum Gasteiger partial charge on any atom is 0.287 e. The smallest absolute Gasteiger partial charge is 0.287 e. The number of carbonyl (C=O) groups is 3. The molecule has 0 fully saturated rings. The van der Waals surface area contributed by atoms with E-state index in [1.54, 1.807) is 12.1 Å². The fourth-order valence-corrected chi connectivity index (χ4v) is 3.80. The minimum Gasteiger partial charge on any atom is -0.483 e. The molecule has 8 heteroatoms. The molecule has 0 bridgehead atoms. The van der Waals surface area contributed by atoms with Crippen LogP contribution in [0.1, 0.15) is 51.2 Å². The van der Waals surface area contributed by atoms with Gasteiger partial charge in [-0.05, 0) is 36.1 Å². The molecular weight excluding hydrogens is 396 g/mol. The van der Waals surface area contributed by atoms with Crippen LogP contribution in [0.3, 0.4) is 0 Å². The first-order valence-electron chi connectivity index (χ1n) is 9.93.